The Kier molecular flexibility index (Phi) is 2.72. The third kappa shape index (κ3) is 2.12. The quantitative estimate of drug-likeness (QED) is 0.655. The summed E-state index contributed by atoms with van der Waals surface area (Å²) >= 11 is 0. The molecule has 0 N–H and O–H groups in total. The molecule has 1 aromatic carbocycles. The van der Waals surface area contributed by atoms with Gasteiger partial charge in [0.1, 0.15) is 0 Å². The zero-order valence-electron chi connectivity index (χ0n) is 10.3. The van der Waals surface area contributed by atoms with E-state index in [2.05, 4.69) is 61.6 Å². The molecule has 0 nitrogen and oxygen atoms in total. The van der Waals surface area contributed by atoms with Crippen LogP contribution in [0.4, 0.5) is 0 Å². The first-order valence-electron chi connectivity index (χ1n) is 6.44. The largest absolute Gasteiger partial charge is 0.0811 e. The molecule has 2 atom stereocenters. The van der Waals surface area contributed by atoms with Crippen LogP contribution in [0, 0.1) is 18.8 Å². The molecule has 0 spiro atoms. The van der Waals surface area contributed by atoms with E-state index in [-0.39, 0.29) is 0 Å². The Morgan fingerprint density at radius 1 is 1.12 bits per heavy atom. The van der Waals surface area contributed by atoms with Crippen LogP contribution in [0.2, 0.25) is 0 Å². The van der Waals surface area contributed by atoms with Crippen LogP contribution in [0.15, 0.2) is 54.1 Å². The average molecular weight is 222 g/mol. The predicted octanol–water partition coefficient (Wildman–Crippen LogP) is 4.53. The molecule has 3 rings (SSSR count). The molecule has 0 radical (unpaired) electrons. The van der Waals surface area contributed by atoms with E-state index in [0.29, 0.717) is 5.92 Å². The van der Waals surface area contributed by atoms with Gasteiger partial charge in [0, 0.05) is 0 Å². The monoisotopic (exact) mass is 222 g/mol. The minimum absolute atomic E-state index is 0.662. The van der Waals surface area contributed by atoms with Crippen LogP contribution in [0.3, 0.4) is 0 Å². The first kappa shape index (κ1) is 10.6. The van der Waals surface area contributed by atoms with Gasteiger partial charge in [-0.25, -0.2) is 0 Å². The lowest BCUT2D eigenvalue weighted by molar-refractivity contribution is 0.651. The molecule has 1 fully saturated rings. The highest BCUT2D eigenvalue weighted by Crippen LogP contribution is 2.40. The van der Waals surface area contributed by atoms with E-state index in [9.17, 15) is 0 Å². The van der Waals surface area contributed by atoms with Crippen LogP contribution in [0.5, 0.6) is 0 Å². The number of rotatable bonds is 1. The van der Waals surface area contributed by atoms with E-state index in [0.717, 1.165) is 5.92 Å². The second-order valence-electron chi connectivity index (χ2n) is 5.15. The van der Waals surface area contributed by atoms with E-state index >= 15 is 0 Å². The fourth-order valence-corrected chi connectivity index (χ4v) is 2.90. The SMILES string of the molecule is Cc1ccccc1/C=C1\C[C@H]2C=CC=C[C@@H]1C2. The minimum Gasteiger partial charge on any atom is -0.0811 e. The molecule has 1 saturated carbocycles. The van der Waals surface area contributed by atoms with Crippen LogP contribution >= 0.6 is 0 Å². The molecule has 0 unspecified atom stereocenters. The molecule has 1 aromatic rings. The standard InChI is InChI=1S/C17H18/c1-13-6-2-4-8-15(13)12-17-11-14-7-3-5-9-16(17)10-14/h2-9,12,14,16H,10-11H2,1H3/b17-12+/t14-,16+/m0/s1. The maximum Gasteiger partial charge on any atom is -0.00109 e. The van der Waals surface area contributed by atoms with Crippen molar-refractivity contribution in [2.75, 3.05) is 0 Å². The highest BCUT2D eigenvalue weighted by atomic mass is 14.3. The summed E-state index contributed by atoms with van der Waals surface area (Å²) in [5.41, 5.74) is 4.36. The first-order chi connectivity index (χ1) is 8.33. The summed E-state index contributed by atoms with van der Waals surface area (Å²) in [6, 6.07) is 8.65. The van der Waals surface area contributed by atoms with Crippen LogP contribution in [-0.2, 0) is 0 Å². The van der Waals surface area contributed by atoms with Gasteiger partial charge in [0.25, 0.3) is 0 Å². The lowest BCUT2D eigenvalue weighted by Crippen LogP contribution is -1.91. The Balaban J connectivity index is 1.93. The number of benzene rings is 1. The van der Waals surface area contributed by atoms with Crippen LogP contribution in [-0.4, -0.2) is 0 Å². The average Bonchev–Trinajstić information content (AvgIpc) is 2.54. The van der Waals surface area contributed by atoms with Gasteiger partial charge in [-0.2, -0.15) is 0 Å². The van der Waals surface area contributed by atoms with Crippen molar-refractivity contribution in [2.24, 2.45) is 11.8 Å². The molecule has 0 amide bonds. The zero-order valence-corrected chi connectivity index (χ0v) is 10.3. The summed E-state index contributed by atoms with van der Waals surface area (Å²) in [6.07, 6.45) is 14.1. The van der Waals surface area contributed by atoms with Crippen molar-refractivity contribution in [3.05, 3.63) is 65.3 Å². The predicted molar refractivity (Wildman–Crippen MR) is 73.7 cm³/mol. The third-order valence-corrected chi connectivity index (χ3v) is 3.90. The Bertz CT molecular complexity index is 503. The van der Waals surface area contributed by atoms with Gasteiger partial charge in [-0.1, -0.05) is 60.2 Å². The number of allylic oxidation sites excluding steroid dienone is 5. The van der Waals surface area contributed by atoms with Crippen molar-refractivity contribution in [3.8, 4) is 0 Å². The molecule has 2 aliphatic rings. The zero-order chi connectivity index (χ0) is 11.7. The topological polar surface area (TPSA) is 0 Å². The van der Waals surface area contributed by atoms with Crippen molar-refractivity contribution >= 4 is 6.08 Å². The molecule has 2 bridgehead atoms. The van der Waals surface area contributed by atoms with Gasteiger partial charge >= 0.3 is 0 Å². The van der Waals surface area contributed by atoms with Crippen molar-refractivity contribution < 1.29 is 0 Å². The Morgan fingerprint density at radius 3 is 2.82 bits per heavy atom. The number of fused-ring (bicyclic) bond motifs is 2. The number of hydrogen-bond donors (Lipinski definition) is 0. The highest BCUT2D eigenvalue weighted by Gasteiger charge is 2.26. The number of aryl methyl sites for hydroxylation is 1. The van der Waals surface area contributed by atoms with Gasteiger partial charge in [0.2, 0.25) is 0 Å². The molecule has 0 saturated heterocycles. The molecule has 17 heavy (non-hydrogen) atoms. The van der Waals surface area contributed by atoms with Gasteiger partial charge in [0.15, 0.2) is 0 Å². The molecular formula is C17H18. The first-order valence-corrected chi connectivity index (χ1v) is 6.44. The van der Waals surface area contributed by atoms with Crippen LogP contribution in [0.25, 0.3) is 6.08 Å². The molecule has 0 heteroatoms. The lowest BCUT2D eigenvalue weighted by atomic mass is 9.98. The molecule has 2 aliphatic carbocycles. The van der Waals surface area contributed by atoms with Crippen LogP contribution < -0.4 is 0 Å². The summed E-state index contributed by atoms with van der Waals surface area (Å²) in [4.78, 5) is 0. The maximum absolute atomic E-state index is 2.41. The van der Waals surface area contributed by atoms with Crippen molar-refractivity contribution in [1.82, 2.24) is 0 Å². The van der Waals surface area contributed by atoms with Crippen LogP contribution in [0.1, 0.15) is 24.0 Å². The summed E-state index contributed by atoms with van der Waals surface area (Å²) in [5, 5.41) is 0. The lowest BCUT2D eigenvalue weighted by Gasteiger charge is -2.07. The highest BCUT2D eigenvalue weighted by molar-refractivity contribution is 5.58. The maximum atomic E-state index is 2.41. The van der Waals surface area contributed by atoms with E-state index in [1.54, 1.807) is 5.57 Å². The Morgan fingerprint density at radius 2 is 1.94 bits per heavy atom. The third-order valence-electron chi connectivity index (χ3n) is 3.90. The number of hydrogen-bond acceptors (Lipinski definition) is 0. The second-order valence-corrected chi connectivity index (χ2v) is 5.15. The van der Waals surface area contributed by atoms with Crippen molar-refractivity contribution in [2.45, 2.75) is 19.8 Å². The molecule has 86 valence electrons. The minimum atomic E-state index is 0.662. The van der Waals surface area contributed by atoms with Gasteiger partial charge in [-0.15, -0.1) is 0 Å². The van der Waals surface area contributed by atoms with E-state index in [4.69, 9.17) is 0 Å². The fourth-order valence-electron chi connectivity index (χ4n) is 2.90. The normalized spacial score (nSPS) is 28.6. The summed E-state index contributed by atoms with van der Waals surface area (Å²) in [7, 11) is 0. The van der Waals surface area contributed by atoms with E-state index < -0.39 is 0 Å². The molecule has 0 aromatic heterocycles. The van der Waals surface area contributed by atoms with Gasteiger partial charge in [0.05, 0.1) is 0 Å². The van der Waals surface area contributed by atoms with E-state index in [1.807, 2.05) is 0 Å². The fraction of sp³-hybridized carbons (Fsp3) is 0.294. The second kappa shape index (κ2) is 4.37. The van der Waals surface area contributed by atoms with Gasteiger partial charge in [-0.05, 0) is 42.7 Å². The molecule has 0 heterocycles. The van der Waals surface area contributed by atoms with E-state index in [1.165, 1.54) is 24.0 Å². The van der Waals surface area contributed by atoms with Gasteiger partial charge < -0.3 is 0 Å². The van der Waals surface area contributed by atoms with Crippen molar-refractivity contribution in [1.29, 1.82) is 0 Å². The molecule has 0 aliphatic heterocycles. The summed E-state index contributed by atoms with van der Waals surface area (Å²) < 4.78 is 0. The smallest absolute Gasteiger partial charge is 0.00109 e. The summed E-state index contributed by atoms with van der Waals surface area (Å²) in [5.74, 6) is 1.42. The van der Waals surface area contributed by atoms with Crippen molar-refractivity contribution in [3.63, 3.8) is 0 Å². The van der Waals surface area contributed by atoms with Gasteiger partial charge in [-0.3, -0.25) is 0 Å². The Hall–Kier alpha value is -1.56. The molecular weight excluding hydrogens is 204 g/mol. The summed E-state index contributed by atoms with van der Waals surface area (Å²) in [6.45, 7) is 2.19. The Labute approximate surface area is 103 Å².